The second-order valence-electron chi connectivity index (χ2n) is 3.40. The van der Waals surface area contributed by atoms with Gasteiger partial charge in [-0.2, -0.15) is 4.37 Å². The smallest absolute Gasteiger partial charge is 0.202 e. The number of aromatic nitrogens is 2. The van der Waals surface area contributed by atoms with Crippen LogP contribution >= 0.6 is 11.5 Å². The molecule has 0 aliphatic rings. The highest BCUT2D eigenvalue weighted by Gasteiger charge is 2.14. The van der Waals surface area contributed by atoms with Gasteiger partial charge in [-0.1, -0.05) is 20.3 Å². The molecule has 0 bridgehead atoms. The summed E-state index contributed by atoms with van der Waals surface area (Å²) in [5.74, 6) is 0.808. The van der Waals surface area contributed by atoms with E-state index in [-0.39, 0.29) is 6.10 Å². The van der Waals surface area contributed by atoms with E-state index < -0.39 is 0 Å². The molecule has 15 heavy (non-hydrogen) atoms. The molecule has 1 N–H and O–H groups in total. The van der Waals surface area contributed by atoms with E-state index in [0.29, 0.717) is 0 Å². The SMILES string of the molecule is CCCNc1nc(C(CCC)OC)ns1. The standard InChI is InChI=1S/C10H19N3OS/c1-4-6-8(14-3)9-12-10(15-13-9)11-7-5-2/h8H,4-7H2,1-3H3,(H,11,12,13). The van der Waals surface area contributed by atoms with Crippen LogP contribution in [0.25, 0.3) is 0 Å². The van der Waals surface area contributed by atoms with Gasteiger partial charge in [0.15, 0.2) is 5.82 Å². The van der Waals surface area contributed by atoms with Gasteiger partial charge >= 0.3 is 0 Å². The first kappa shape index (κ1) is 12.4. The quantitative estimate of drug-likeness (QED) is 0.781. The summed E-state index contributed by atoms with van der Waals surface area (Å²) in [4.78, 5) is 4.41. The van der Waals surface area contributed by atoms with Crippen LogP contribution < -0.4 is 5.32 Å². The van der Waals surface area contributed by atoms with Gasteiger partial charge in [-0.15, -0.1) is 0 Å². The van der Waals surface area contributed by atoms with Gasteiger partial charge in [0.1, 0.15) is 6.10 Å². The average molecular weight is 229 g/mol. The Hall–Kier alpha value is -0.680. The Kier molecular flexibility index (Phi) is 5.57. The molecule has 1 atom stereocenters. The van der Waals surface area contributed by atoms with Gasteiger partial charge in [-0.05, 0) is 12.8 Å². The van der Waals surface area contributed by atoms with Crippen LogP contribution in [0.15, 0.2) is 0 Å². The number of nitrogens with zero attached hydrogens (tertiary/aromatic N) is 2. The van der Waals surface area contributed by atoms with E-state index in [1.807, 2.05) is 0 Å². The number of nitrogens with one attached hydrogen (secondary N) is 1. The lowest BCUT2D eigenvalue weighted by atomic mass is 10.2. The number of anilines is 1. The van der Waals surface area contributed by atoms with Gasteiger partial charge in [0.2, 0.25) is 5.13 Å². The Morgan fingerprint density at radius 1 is 1.40 bits per heavy atom. The summed E-state index contributed by atoms with van der Waals surface area (Å²) in [6.45, 7) is 5.21. The number of hydrogen-bond acceptors (Lipinski definition) is 5. The number of methoxy groups -OCH3 is 1. The lowest BCUT2D eigenvalue weighted by Gasteiger charge is -2.09. The molecule has 0 saturated heterocycles. The van der Waals surface area contributed by atoms with Crippen LogP contribution in [0, 0.1) is 0 Å². The summed E-state index contributed by atoms with van der Waals surface area (Å²) in [6, 6.07) is 0. The van der Waals surface area contributed by atoms with Crippen molar-refractivity contribution in [2.75, 3.05) is 19.0 Å². The summed E-state index contributed by atoms with van der Waals surface area (Å²) in [5.41, 5.74) is 0. The molecule has 0 aliphatic heterocycles. The zero-order valence-corrected chi connectivity index (χ0v) is 10.4. The second-order valence-corrected chi connectivity index (χ2v) is 4.15. The highest BCUT2D eigenvalue weighted by molar-refractivity contribution is 7.09. The van der Waals surface area contributed by atoms with Crippen LogP contribution in [0.2, 0.25) is 0 Å². The first-order chi connectivity index (χ1) is 7.31. The van der Waals surface area contributed by atoms with Gasteiger partial charge in [0.25, 0.3) is 0 Å². The van der Waals surface area contributed by atoms with E-state index in [1.54, 1.807) is 7.11 Å². The molecule has 0 spiro atoms. The van der Waals surface area contributed by atoms with Crippen molar-refractivity contribution in [3.63, 3.8) is 0 Å². The summed E-state index contributed by atoms with van der Waals surface area (Å²) in [7, 11) is 1.71. The summed E-state index contributed by atoms with van der Waals surface area (Å²) >= 11 is 1.41. The average Bonchev–Trinajstić information content (AvgIpc) is 2.71. The molecule has 1 unspecified atom stereocenters. The molecular formula is C10H19N3OS. The van der Waals surface area contributed by atoms with Crippen molar-refractivity contribution in [3.8, 4) is 0 Å². The Morgan fingerprint density at radius 3 is 2.80 bits per heavy atom. The molecule has 0 aliphatic carbocycles. The highest BCUT2D eigenvalue weighted by Crippen LogP contribution is 2.22. The van der Waals surface area contributed by atoms with Crippen LogP contribution in [-0.4, -0.2) is 23.0 Å². The Balaban J connectivity index is 2.56. The fraction of sp³-hybridized carbons (Fsp3) is 0.800. The van der Waals surface area contributed by atoms with Crippen LogP contribution in [0.5, 0.6) is 0 Å². The molecule has 4 nitrogen and oxygen atoms in total. The third kappa shape index (κ3) is 3.76. The van der Waals surface area contributed by atoms with Crippen LogP contribution in [-0.2, 0) is 4.74 Å². The zero-order valence-electron chi connectivity index (χ0n) is 9.62. The van der Waals surface area contributed by atoms with Gasteiger partial charge in [0.05, 0.1) is 0 Å². The van der Waals surface area contributed by atoms with Crippen LogP contribution in [0.3, 0.4) is 0 Å². The molecule has 1 aromatic rings. The monoisotopic (exact) mass is 229 g/mol. The van der Waals surface area contributed by atoms with Gasteiger partial charge in [0, 0.05) is 25.2 Å². The predicted molar refractivity (Wildman–Crippen MR) is 63.3 cm³/mol. The van der Waals surface area contributed by atoms with E-state index >= 15 is 0 Å². The molecule has 0 amide bonds. The minimum absolute atomic E-state index is 0.0448. The van der Waals surface area contributed by atoms with Crippen molar-refractivity contribution >= 4 is 16.7 Å². The molecule has 1 heterocycles. The summed E-state index contributed by atoms with van der Waals surface area (Å²) in [6.07, 6.45) is 3.19. The first-order valence-electron chi connectivity index (χ1n) is 5.42. The van der Waals surface area contributed by atoms with E-state index in [1.165, 1.54) is 11.5 Å². The molecule has 0 fully saturated rings. The topological polar surface area (TPSA) is 47.0 Å². The number of ether oxygens (including phenoxy) is 1. The summed E-state index contributed by atoms with van der Waals surface area (Å²) < 4.78 is 9.65. The fourth-order valence-electron chi connectivity index (χ4n) is 1.28. The van der Waals surface area contributed by atoms with Crippen molar-refractivity contribution in [2.24, 2.45) is 0 Å². The zero-order chi connectivity index (χ0) is 11.1. The van der Waals surface area contributed by atoms with E-state index in [4.69, 9.17) is 4.74 Å². The first-order valence-corrected chi connectivity index (χ1v) is 6.19. The number of hydrogen-bond donors (Lipinski definition) is 1. The fourth-order valence-corrected chi connectivity index (χ4v) is 1.92. The van der Waals surface area contributed by atoms with E-state index in [2.05, 4.69) is 28.5 Å². The Morgan fingerprint density at radius 2 is 2.20 bits per heavy atom. The minimum Gasteiger partial charge on any atom is -0.373 e. The van der Waals surface area contributed by atoms with Gasteiger partial charge in [-0.3, -0.25) is 0 Å². The predicted octanol–water partition coefficient (Wildman–Crippen LogP) is 2.85. The maximum atomic E-state index is 5.35. The molecule has 1 rings (SSSR count). The van der Waals surface area contributed by atoms with Crippen LogP contribution in [0.1, 0.15) is 45.0 Å². The van der Waals surface area contributed by atoms with Crippen LogP contribution in [0.4, 0.5) is 5.13 Å². The Labute approximate surface area is 95.2 Å². The lowest BCUT2D eigenvalue weighted by Crippen LogP contribution is -2.04. The minimum atomic E-state index is 0.0448. The lowest BCUT2D eigenvalue weighted by molar-refractivity contribution is 0.0887. The Bertz CT molecular complexity index is 277. The maximum Gasteiger partial charge on any atom is 0.202 e. The maximum absolute atomic E-state index is 5.35. The van der Waals surface area contributed by atoms with E-state index in [0.717, 1.165) is 36.8 Å². The normalized spacial score (nSPS) is 12.7. The van der Waals surface area contributed by atoms with E-state index in [9.17, 15) is 0 Å². The van der Waals surface area contributed by atoms with Crippen molar-refractivity contribution in [1.29, 1.82) is 0 Å². The third-order valence-corrected chi connectivity index (χ3v) is 2.78. The molecule has 86 valence electrons. The molecule has 0 aromatic carbocycles. The summed E-state index contributed by atoms with van der Waals surface area (Å²) in [5, 5.41) is 4.12. The van der Waals surface area contributed by atoms with Gasteiger partial charge in [-0.25, -0.2) is 4.98 Å². The molecular weight excluding hydrogens is 210 g/mol. The number of rotatable bonds is 7. The largest absolute Gasteiger partial charge is 0.373 e. The molecule has 0 radical (unpaired) electrons. The third-order valence-electron chi connectivity index (χ3n) is 2.09. The van der Waals surface area contributed by atoms with Crippen molar-refractivity contribution < 1.29 is 4.74 Å². The van der Waals surface area contributed by atoms with Crippen molar-refractivity contribution in [1.82, 2.24) is 9.36 Å². The second kappa shape index (κ2) is 6.74. The molecule has 0 saturated carbocycles. The van der Waals surface area contributed by atoms with Gasteiger partial charge < -0.3 is 10.1 Å². The van der Waals surface area contributed by atoms with Crippen molar-refractivity contribution in [2.45, 2.75) is 39.2 Å². The highest BCUT2D eigenvalue weighted by atomic mass is 32.1. The van der Waals surface area contributed by atoms with Crippen molar-refractivity contribution in [3.05, 3.63) is 5.82 Å². The molecule has 5 heteroatoms. The molecule has 1 aromatic heterocycles.